The van der Waals surface area contributed by atoms with Gasteiger partial charge in [-0.25, -0.2) is 0 Å². The summed E-state index contributed by atoms with van der Waals surface area (Å²) >= 11 is 3.47. The van der Waals surface area contributed by atoms with Gasteiger partial charge in [0.1, 0.15) is 6.04 Å². The molecule has 2 aromatic carbocycles. The first-order valence-corrected chi connectivity index (χ1v) is 9.35. The average molecular weight is 403 g/mol. The van der Waals surface area contributed by atoms with Gasteiger partial charge in [-0.3, -0.25) is 9.69 Å². The van der Waals surface area contributed by atoms with Crippen LogP contribution in [0.25, 0.3) is 0 Å². The SMILES string of the molecule is COCc1cccc(NC(=O)C(c2ccc(Br)cc2)N2CCCC2)c1. The minimum Gasteiger partial charge on any atom is -0.380 e. The molecule has 1 unspecified atom stereocenters. The molecular formula is C20H23BrN2O2. The van der Waals surface area contributed by atoms with Crippen LogP contribution in [-0.4, -0.2) is 31.0 Å². The summed E-state index contributed by atoms with van der Waals surface area (Å²) < 4.78 is 6.19. The highest BCUT2D eigenvalue weighted by atomic mass is 79.9. The number of anilines is 1. The van der Waals surface area contributed by atoms with Crippen molar-refractivity contribution >= 4 is 27.5 Å². The van der Waals surface area contributed by atoms with E-state index in [0.29, 0.717) is 6.61 Å². The lowest BCUT2D eigenvalue weighted by molar-refractivity contribution is -0.121. The minimum absolute atomic E-state index is 0.0128. The lowest BCUT2D eigenvalue weighted by Crippen LogP contribution is -2.35. The highest BCUT2D eigenvalue weighted by Gasteiger charge is 2.29. The second kappa shape index (κ2) is 8.61. The van der Waals surface area contributed by atoms with E-state index in [1.165, 1.54) is 0 Å². The number of benzene rings is 2. The maximum absolute atomic E-state index is 13.1. The zero-order valence-electron chi connectivity index (χ0n) is 14.4. The summed E-state index contributed by atoms with van der Waals surface area (Å²) in [4.78, 5) is 15.3. The second-order valence-corrected chi connectivity index (χ2v) is 7.24. The molecule has 1 heterocycles. The topological polar surface area (TPSA) is 41.6 Å². The second-order valence-electron chi connectivity index (χ2n) is 6.32. The molecule has 1 N–H and O–H groups in total. The highest BCUT2D eigenvalue weighted by molar-refractivity contribution is 9.10. The molecular weight excluding hydrogens is 380 g/mol. The van der Waals surface area contributed by atoms with Crippen LogP contribution in [0.5, 0.6) is 0 Å². The van der Waals surface area contributed by atoms with E-state index < -0.39 is 0 Å². The summed E-state index contributed by atoms with van der Waals surface area (Å²) in [6.45, 7) is 2.45. The zero-order chi connectivity index (χ0) is 17.6. The Bertz CT molecular complexity index is 712. The molecule has 132 valence electrons. The van der Waals surface area contributed by atoms with E-state index in [2.05, 4.69) is 26.1 Å². The Labute approximate surface area is 157 Å². The molecule has 3 rings (SSSR count). The quantitative estimate of drug-likeness (QED) is 0.779. The van der Waals surface area contributed by atoms with Gasteiger partial charge in [-0.1, -0.05) is 40.2 Å². The molecule has 1 amide bonds. The molecule has 1 atom stereocenters. The predicted octanol–water partition coefficient (Wildman–Crippen LogP) is 4.37. The van der Waals surface area contributed by atoms with Gasteiger partial charge in [0.15, 0.2) is 0 Å². The first kappa shape index (κ1) is 18.1. The van der Waals surface area contributed by atoms with Gasteiger partial charge in [-0.2, -0.15) is 0 Å². The third-order valence-electron chi connectivity index (χ3n) is 4.45. The summed E-state index contributed by atoms with van der Waals surface area (Å²) in [5.41, 5.74) is 2.87. The number of likely N-dealkylation sites (tertiary alicyclic amines) is 1. The smallest absolute Gasteiger partial charge is 0.246 e. The fourth-order valence-corrected chi connectivity index (χ4v) is 3.55. The van der Waals surface area contributed by atoms with E-state index in [-0.39, 0.29) is 11.9 Å². The molecule has 0 aromatic heterocycles. The molecule has 0 spiro atoms. The molecule has 0 bridgehead atoms. The Morgan fingerprint density at radius 3 is 2.60 bits per heavy atom. The van der Waals surface area contributed by atoms with Crippen LogP contribution in [0.3, 0.4) is 0 Å². The Morgan fingerprint density at radius 2 is 1.92 bits per heavy atom. The number of carbonyl (C=O) groups excluding carboxylic acids is 1. The fourth-order valence-electron chi connectivity index (χ4n) is 3.29. The minimum atomic E-state index is -0.262. The Hall–Kier alpha value is -1.69. The number of carbonyl (C=O) groups is 1. The Morgan fingerprint density at radius 1 is 1.20 bits per heavy atom. The van der Waals surface area contributed by atoms with Gasteiger partial charge in [0.2, 0.25) is 5.91 Å². The highest BCUT2D eigenvalue weighted by Crippen LogP contribution is 2.28. The molecule has 25 heavy (non-hydrogen) atoms. The predicted molar refractivity (Wildman–Crippen MR) is 103 cm³/mol. The average Bonchev–Trinajstić information content (AvgIpc) is 3.11. The standard InChI is InChI=1S/C20H23BrN2O2/c1-25-14-15-5-4-6-18(13-15)22-20(24)19(23-11-2-3-12-23)16-7-9-17(21)10-8-16/h4-10,13,19H,2-3,11-12,14H2,1H3,(H,22,24). The maximum Gasteiger partial charge on any atom is 0.246 e. The van der Waals surface area contributed by atoms with E-state index in [4.69, 9.17) is 4.74 Å². The van der Waals surface area contributed by atoms with Crippen molar-refractivity contribution in [2.45, 2.75) is 25.5 Å². The van der Waals surface area contributed by atoms with Gasteiger partial charge < -0.3 is 10.1 Å². The van der Waals surface area contributed by atoms with E-state index in [0.717, 1.165) is 47.2 Å². The third kappa shape index (κ3) is 4.69. The number of halogens is 1. The number of nitrogens with zero attached hydrogens (tertiary/aromatic N) is 1. The van der Waals surface area contributed by atoms with Crippen molar-refractivity contribution in [2.75, 3.05) is 25.5 Å². The summed E-state index contributed by atoms with van der Waals surface area (Å²) in [5.74, 6) is 0.0128. The molecule has 5 heteroatoms. The van der Waals surface area contributed by atoms with Crippen molar-refractivity contribution in [3.8, 4) is 0 Å². The van der Waals surface area contributed by atoms with Crippen molar-refractivity contribution in [1.82, 2.24) is 4.90 Å². The lowest BCUT2D eigenvalue weighted by Gasteiger charge is -2.27. The molecule has 0 saturated carbocycles. The molecule has 1 aliphatic rings. The lowest BCUT2D eigenvalue weighted by atomic mass is 10.0. The zero-order valence-corrected chi connectivity index (χ0v) is 16.0. The summed E-state index contributed by atoms with van der Waals surface area (Å²) in [7, 11) is 1.67. The van der Waals surface area contributed by atoms with Crippen molar-refractivity contribution < 1.29 is 9.53 Å². The molecule has 1 saturated heterocycles. The molecule has 0 radical (unpaired) electrons. The van der Waals surface area contributed by atoms with Crippen LogP contribution in [0.4, 0.5) is 5.69 Å². The normalized spacial score (nSPS) is 15.9. The number of methoxy groups -OCH3 is 1. The maximum atomic E-state index is 13.1. The number of nitrogens with one attached hydrogen (secondary N) is 1. The van der Waals surface area contributed by atoms with Gasteiger partial charge in [0, 0.05) is 17.3 Å². The molecule has 4 nitrogen and oxygen atoms in total. The van der Waals surface area contributed by atoms with Crippen molar-refractivity contribution in [2.24, 2.45) is 0 Å². The third-order valence-corrected chi connectivity index (χ3v) is 4.97. The van der Waals surface area contributed by atoms with Crippen LogP contribution in [0.15, 0.2) is 53.0 Å². The van der Waals surface area contributed by atoms with Crippen LogP contribution in [-0.2, 0) is 16.1 Å². The molecule has 2 aromatic rings. The van der Waals surface area contributed by atoms with Gasteiger partial charge in [0.25, 0.3) is 0 Å². The van der Waals surface area contributed by atoms with E-state index in [1.54, 1.807) is 7.11 Å². The Balaban J connectivity index is 1.81. The molecule has 1 aliphatic heterocycles. The number of amides is 1. The van der Waals surface area contributed by atoms with Crippen LogP contribution < -0.4 is 5.32 Å². The first-order valence-electron chi connectivity index (χ1n) is 8.55. The van der Waals surface area contributed by atoms with Gasteiger partial charge in [0.05, 0.1) is 6.61 Å². The van der Waals surface area contributed by atoms with Crippen LogP contribution in [0.2, 0.25) is 0 Å². The number of hydrogen-bond donors (Lipinski definition) is 1. The largest absolute Gasteiger partial charge is 0.380 e. The van der Waals surface area contributed by atoms with E-state index in [1.807, 2.05) is 48.5 Å². The van der Waals surface area contributed by atoms with Gasteiger partial charge in [-0.05, 0) is 61.3 Å². The van der Waals surface area contributed by atoms with E-state index in [9.17, 15) is 4.79 Å². The molecule has 1 fully saturated rings. The van der Waals surface area contributed by atoms with Gasteiger partial charge in [-0.15, -0.1) is 0 Å². The number of rotatable bonds is 6. The van der Waals surface area contributed by atoms with Crippen molar-refractivity contribution in [3.63, 3.8) is 0 Å². The van der Waals surface area contributed by atoms with Crippen molar-refractivity contribution in [3.05, 3.63) is 64.1 Å². The van der Waals surface area contributed by atoms with Crippen LogP contribution >= 0.6 is 15.9 Å². The fraction of sp³-hybridized carbons (Fsp3) is 0.350. The summed E-state index contributed by atoms with van der Waals surface area (Å²) in [6.07, 6.45) is 2.28. The van der Waals surface area contributed by atoms with Gasteiger partial charge >= 0.3 is 0 Å². The summed E-state index contributed by atoms with van der Waals surface area (Å²) in [6, 6.07) is 15.6. The number of hydrogen-bond acceptors (Lipinski definition) is 3. The summed E-state index contributed by atoms with van der Waals surface area (Å²) in [5, 5.41) is 3.08. The first-order chi connectivity index (χ1) is 12.2. The monoisotopic (exact) mass is 402 g/mol. The van der Waals surface area contributed by atoms with Crippen LogP contribution in [0.1, 0.15) is 30.0 Å². The van der Waals surface area contributed by atoms with E-state index >= 15 is 0 Å². The number of ether oxygens (including phenoxy) is 1. The van der Waals surface area contributed by atoms with Crippen molar-refractivity contribution in [1.29, 1.82) is 0 Å². The Kier molecular flexibility index (Phi) is 6.24. The van der Waals surface area contributed by atoms with Crippen LogP contribution in [0, 0.1) is 0 Å². The molecule has 0 aliphatic carbocycles.